The first-order valence-corrected chi connectivity index (χ1v) is 18.5. The number of anilines is 3. The van der Waals surface area contributed by atoms with Crippen LogP contribution in [0.3, 0.4) is 0 Å². The monoisotopic (exact) mass is 687 g/mol. The molecule has 10 aromatic carbocycles. The molecule has 2 nitrogen and oxygen atoms in total. The summed E-state index contributed by atoms with van der Waals surface area (Å²) in [5, 5.41) is 12.2. The molecule has 1 aromatic heterocycles. The van der Waals surface area contributed by atoms with E-state index in [1.807, 2.05) is 6.07 Å². The van der Waals surface area contributed by atoms with Crippen molar-refractivity contribution < 1.29 is 4.42 Å². The van der Waals surface area contributed by atoms with Crippen LogP contribution in [0, 0.1) is 0 Å². The van der Waals surface area contributed by atoms with Gasteiger partial charge in [0.1, 0.15) is 11.2 Å². The highest BCUT2D eigenvalue weighted by Crippen LogP contribution is 2.48. The Bertz CT molecular complexity index is 3180. The highest BCUT2D eigenvalue weighted by Gasteiger charge is 2.22. The first-order chi connectivity index (χ1) is 26.8. The van der Waals surface area contributed by atoms with Gasteiger partial charge in [0.25, 0.3) is 0 Å². The van der Waals surface area contributed by atoms with E-state index in [2.05, 4.69) is 199 Å². The van der Waals surface area contributed by atoms with Gasteiger partial charge in [0.2, 0.25) is 0 Å². The van der Waals surface area contributed by atoms with E-state index in [1.54, 1.807) is 0 Å². The minimum absolute atomic E-state index is 0.914. The van der Waals surface area contributed by atoms with Crippen molar-refractivity contribution in [3.8, 4) is 22.3 Å². The molecule has 0 atom stereocenters. The zero-order chi connectivity index (χ0) is 35.6. The second-order valence-corrected chi connectivity index (χ2v) is 14.0. The summed E-state index contributed by atoms with van der Waals surface area (Å²) < 4.78 is 6.39. The maximum absolute atomic E-state index is 6.39. The van der Waals surface area contributed by atoms with Crippen LogP contribution in [0.4, 0.5) is 17.1 Å². The fraction of sp³-hybridized carbons (Fsp3) is 0. The lowest BCUT2D eigenvalue weighted by Gasteiger charge is -2.29. The average molecular weight is 688 g/mol. The van der Waals surface area contributed by atoms with Crippen LogP contribution in [0.15, 0.2) is 205 Å². The topological polar surface area (TPSA) is 16.4 Å². The molecule has 0 aliphatic rings. The third kappa shape index (κ3) is 4.74. The van der Waals surface area contributed by atoms with Gasteiger partial charge in [-0.3, -0.25) is 0 Å². The van der Waals surface area contributed by atoms with E-state index in [-0.39, 0.29) is 0 Å². The van der Waals surface area contributed by atoms with Gasteiger partial charge in [0.15, 0.2) is 0 Å². The molecule has 11 aromatic rings. The van der Waals surface area contributed by atoms with E-state index in [4.69, 9.17) is 4.42 Å². The normalized spacial score (nSPS) is 11.7. The van der Waals surface area contributed by atoms with Crippen molar-refractivity contribution in [2.24, 2.45) is 0 Å². The maximum Gasteiger partial charge on any atom is 0.136 e. The van der Waals surface area contributed by atoms with Gasteiger partial charge in [-0.15, -0.1) is 0 Å². The fourth-order valence-electron chi connectivity index (χ4n) is 8.60. The third-order valence-corrected chi connectivity index (χ3v) is 11.0. The maximum atomic E-state index is 6.39. The molecule has 2 heteroatoms. The van der Waals surface area contributed by atoms with Gasteiger partial charge < -0.3 is 9.32 Å². The van der Waals surface area contributed by atoms with E-state index in [1.165, 1.54) is 70.7 Å². The standard InChI is InChI=1S/C52H33NO/c1-2-13-34(14-3-1)36-25-28-38(29-26-36)53(39-30-27-35-15-4-5-16-37(35)33-39)47-23-10-8-17-40(47)41-21-12-22-43-45-31-32-49-52(46-20-9-11-24-48(46)54-49)51(45)44-19-7-6-18-42(44)50(41)43/h1-33H. The van der Waals surface area contributed by atoms with Crippen LogP contribution >= 0.6 is 0 Å². The van der Waals surface area contributed by atoms with E-state index in [0.29, 0.717) is 0 Å². The van der Waals surface area contributed by atoms with Crippen molar-refractivity contribution in [3.63, 3.8) is 0 Å². The van der Waals surface area contributed by atoms with Gasteiger partial charge in [0, 0.05) is 33.1 Å². The van der Waals surface area contributed by atoms with Crippen LogP contribution in [-0.2, 0) is 0 Å². The van der Waals surface area contributed by atoms with Gasteiger partial charge in [-0.1, -0.05) is 152 Å². The molecule has 0 fully saturated rings. The predicted molar refractivity (Wildman–Crippen MR) is 229 cm³/mol. The van der Waals surface area contributed by atoms with Crippen molar-refractivity contribution in [2.75, 3.05) is 4.90 Å². The van der Waals surface area contributed by atoms with Crippen molar-refractivity contribution in [1.82, 2.24) is 0 Å². The summed E-state index contributed by atoms with van der Waals surface area (Å²) in [6.07, 6.45) is 0. The summed E-state index contributed by atoms with van der Waals surface area (Å²) in [4.78, 5) is 2.42. The summed E-state index contributed by atoms with van der Waals surface area (Å²) in [7, 11) is 0. The molecular formula is C52H33NO. The van der Waals surface area contributed by atoms with E-state index < -0.39 is 0 Å². The Kier molecular flexibility index (Phi) is 6.90. The molecule has 54 heavy (non-hydrogen) atoms. The SMILES string of the molecule is c1ccc(-c2ccc(N(c3ccc4ccccc4c3)c3ccccc3-c3cccc4c5ccc6oc7ccccc7c6c5c5ccccc5c34)cc2)cc1. The Morgan fingerprint density at radius 3 is 1.74 bits per heavy atom. The average Bonchev–Trinajstić information content (AvgIpc) is 3.63. The fourth-order valence-corrected chi connectivity index (χ4v) is 8.60. The quantitative estimate of drug-likeness (QED) is 0.168. The van der Waals surface area contributed by atoms with Crippen molar-refractivity contribution in [3.05, 3.63) is 200 Å². The number of fused-ring (bicyclic) bond motifs is 11. The van der Waals surface area contributed by atoms with Crippen molar-refractivity contribution in [1.29, 1.82) is 0 Å². The van der Waals surface area contributed by atoms with Gasteiger partial charge >= 0.3 is 0 Å². The van der Waals surface area contributed by atoms with Crippen molar-refractivity contribution >= 4 is 82.1 Å². The lowest BCUT2D eigenvalue weighted by atomic mass is 9.87. The third-order valence-electron chi connectivity index (χ3n) is 11.0. The molecule has 0 bridgehead atoms. The minimum Gasteiger partial charge on any atom is -0.456 e. The molecule has 0 amide bonds. The smallest absolute Gasteiger partial charge is 0.136 e. The molecule has 0 N–H and O–H groups in total. The Balaban J connectivity index is 1.19. The van der Waals surface area contributed by atoms with E-state index in [9.17, 15) is 0 Å². The summed E-state index contributed by atoms with van der Waals surface area (Å²) >= 11 is 0. The van der Waals surface area contributed by atoms with E-state index in [0.717, 1.165) is 33.6 Å². The van der Waals surface area contributed by atoms with Gasteiger partial charge in [-0.05, 0) is 103 Å². The lowest BCUT2D eigenvalue weighted by molar-refractivity contribution is 0.669. The zero-order valence-corrected chi connectivity index (χ0v) is 29.4. The zero-order valence-electron chi connectivity index (χ0n) is 29.4. The number of nitrogens with zero attached hydrogens (tertiary/aromatic N) is 1. The number of rotatable bonds is 5. The molecule has 1 heterocycles. The molecule has 252 valence electrons. The Hall–Kier alpha value is -7.16. The van der Waals surface area contributed by atoms with Gasteiger partial charge in [0.05, 0.1) is 5.69 Å². The van der Waals surface area contributed by atoms with Gasteiger partial charge in [-0.25, -0.2) is 0 Å². The van der Waals surface area contributed by atoms with Crippen LogP contribution in [0.25, 0.3) is 87.3 Å². The first kappa shape index (κ1) is 30.5. The number of benzene rings is 10. The summed E-state index contributed by atoms with van der Waals surface area (Å²) in [5.74, 6) is 0. The second-order valence-electron chi connectivity index (χ2n) is 14.0. The van der Waals surface area contributed by atoms with Gasteiger partial charge in [-0.2, -0.15) is 0 Å². The Morgan fingerprint density at radius 2 is 0.907 bits per heavy atom. The largest absolute Gasteiger partial charge is 0.456 e. The number of hydrogen-bond donors (Lipinski definition) is 0. The highest BCUT2D eigenvalue weighted by atomic mass is 16.3. The first-order valence-electron chi connectivity index (χ1n) is 18.5. The minimum atomic E-state index is 0.914. The molecule has 0 saturated carbocycles. The molecule has 0 aliphatic carbocycles. The molecule has 0 spiro atoms. The van der Waals surface area contributed by atoms with Crippen LogP contribution in [-0.4, -0.2) is 0 Å². The lowest BCUT2D eigenvalue weighted by Crippen LogP contribution is -2.11. The number of furan rings is 1. The van der Waals surface area contributed by atoms with Crippen LogP contribution < -0.4 is 4.90 Å². The predicted octanol–water partition coefficient (Wildman–Crippen LogP) is 15.0. The van der Waals surface area contributed by atoms with Crippen LogP contribution in [0.2, 0.25) is 0 Å². The molecule has 0 aliphatic heterocycles. The molecule has 0 unspecified atom stereocenters. The van der Waals surface area contributed by atoms with Crippen molar-refractivity contribution in [2.45, 2.75) is 0 Å². The molecule has 11 rings (SSSR count). The molecule has 0 radical (unpaired) electrons. The second kappa shape index (κ2) is 12.2. The Morgan fingerprint density at radius 1 is 0.315 bits per heavy atom. The molecule has 0 saturated heterocycles. The number of hydrogen-bond acceptors (Lipinski definition) is 2. The van der Waals surface area contributed by atoms with Crippen LogP contribution in [0.1, 0.15) is 0 Å². The number of para-hydroxylation sites is 2. The van der Waals surface area contributed by atoms with E-state index >= 15 is 0 Å². The highest BCUT2D eigenvalue weighted by molar-refractivity contribution is 6.36. The summed E-state index contributed by atoms with van der Waals surface area (Å²) in [6.45, 7) is 0. The molecular weight excluding hydrogens is 655 g/mol. The summed E-state index contributed by atoms with van der Waals surface area (Å²) in [6, 6.07) is 72.3. The Labute approximate surface area is 312 Å². The van der Waals surface area contributed by atoms with Crippen LogP contribution in [0.5, 0.6) is 0 Å². The summed E-state index contributed by atoms with van der Waals surface area (Å²) in [5.41, 5.74) is 9.92.